The predicted octanol–water partition coefficient (Wildman–Crippen LogP) is 1.72. The SMILES string of the molecule is CN(C)CCCN1C(=O)C(C)(C)Oc2cc(N)ccc21. The Balaban J connectivity index is 2.27. The number of hydrogen-bond donors (Lipinski definition) is 1. The Morgan fingerprint density at radius 2 is 2.05 bits per heavy atom. The van der Waals surface area contributed by atoms with Gasteiger partial charge in [-0.15, -0.1) is 0 Å². The van der Waals surface area contributed by atoms with E-state index in [9.17, 15) is 4.79 Å². The minimum absolute atomic E-state index is 0.00599. The smallest absolute Gasteiger partial charge is 0.270 e. The number of ether oxygens (including phenoxy) is 1. The van der Waals surface area contributed by atoms with Crippen LogP contribution in [0.1, 0.15) is 20.3 Å². The molecule has 1 heterocycles. The Bertz CT molecular complexity index is 512. The van der Waals surface area contributed by atoms with Crippen LogP contribution in [0.25, 0.3) is 0 Å². The highest BCUT2D eigenvalue weighted by Crippen LogP contribution is 2.38. The van der Waals surface area contributed by atoms with E-state index in [1.54, 1.807) is 26.0 Å². The number of nitrogens with two attached hydrogens (primary N) is 1. The molecule has 20 heavy (non-hydrogen) atoms. The number of nitrogen functional groups attached to an aromatic ring is 1. The zero-order chi connectivity index (χ0) is 14.9. The number of rotatable bonds is 4. The first kappa shape index (κ1) is 14.7. The van der Waals surface area contributed by atoms with Gasteiger partial charge in [-0.25, -0.2) is 0 Å². The second kappa shape index (κ2) is 5.32. The van der Waals surface area contributed by atoms with Crippen molar-refractivity contribution in [3.8, 4) is 5.75 Å². The Kier molecular flexibility index (Phi) is 3.90. The summed E-state index contributed by atoms with van der Waals surface area (Å²) >= 11 is 0. The highest BCUT2D eigenvalue weighted by atomic mass is 16.5. The van der Waals surface area contributed by atoms with Crippen LogP contribution >= 0.6 is 0 Å². The van der Waals surface area contributed by atoms with Crippen molar-refractivity contribution in [1.29, 1.82) is 0 Å². The molecule has 0 spiro atoms. The van der Waals surface area contributed by atoms with Crippen LogP contribution in [-0.2, 0) is 4.79 Å². The summed E-state index contributed by atoms with van der Waals surface area (Å²) in [5.41, 5.74) is 6.40. The molecule has 0 bridgehead atoms. The van der Waals surface area contributed by atoms with E-state index in [1.807, 2.05) is 25.1 Å². The van der Waals surface area contributed by atoms with E-state index < -0.39 is 5.60 Å². The minimum atomic E-state index is -0.848. The molecule has 0 radical (unpaired) electrons. The molecule has 0 saturated heterocycles. The molecule has 0 fully saturated rings. The lowest BCUT2D eigenvalue weighted by atomic mass is 10.0. The number of fused-ring (bicyclic) bond motifs is 1. The molecule has 1 aromatic carbocycles. The first-order valence-corrected chi connectivity index (χ1v) is 6.86. The maximum Gasteiger partial charge on any atom is 0.270 e. The monoisotopic (exact) mass is 277 g/mol. The Morgan fingerprint density at radius 3 is 2.70 bits per heavy atom. The van der Waals surface area contributed by atoms with Crippen LogP contribution in [0.4, 0.5) is 11.4 Å². The van der Waals surface area contributed by atoms with Gasteiger partial charge in [-0.3, -0.25) is 4.79 Å². The summed E-state index contributed by atoms with van der Waals surface area (Å²) in [5.74, 6) is 0.674. The molecule has 0 unspecified atom stereocenters. The highest BCUT2D eigenvalue weighted by Gasteiger charge is 2.40. The molecule has 5 heteroatoms. The molecule has 2 N–H and O–H groups in total. The zero-order valence-electron chi connectivity index (χ0n) is 12.6. The predicted molar refractivity (Wildman–Crippen MR) is 81.1 cm³/mol. The second-order valence-electron chi connectivity index (χ2n) is 5.95. The van der Waals surface area contributed by atoms with Crippen LogP contribution in [0.15, 0.2) is 18.2 Å². The molecule has 1 aromatic rings. The van der Waals surface area contributed by atoms with Crippen molar-refractivity contribution < 1.29 is 9.53 Å². The van der Waals surface area contributed by atoms with Crippen molar-refractivity contribution in [2.75, 3.05) is 37.8 Å². The van der Waals surface area contributed by atoms with Gasteiger partial charge < -0.3 is 20.3 Å². The topological polar surface area (TPSA) is 58.8 Å². The molecule has 1 aliphatic heterocycles. The van der Waals surface area contributed by atoms with E-state index in [1.165, 1.54) is 0 Å². The van der Waals surface area contributed by atoms with Crippen LogP contribution in [0.5, 0.6) is 5.75 Å². The maximum absolute atomic E-state index is 12.5. The van der Waals surface area contributed by atoms with Gasteiger partial charge in [0.25, 0.3) is 5.91 Å². The molecular weight excluding hydrogens is 254 g/mol. The second-order valence-corrected chi connectivity index (χ2v) is 5.95. The summed E-state index contributed by atoms with van der Waals surface area (Å²) in [6.07, 6.45) is 0.915. The number of carbonyl (C=O) groups is 1. The summed E-state index contributed by atoms with van der Waals surface area (Å²) in [6, 6.07) is 5.43. The van der Waals surface area contributed by atoms with Gasteiger partial charge in [0.05, 0.1) is 5.69 Å². The van der Waals surface area contributed by atoms with Crippen molar-refractivity contribution in [2.24, 2.45) is 0 Å². The first-order valence-electron chi connectivity index (χ1n) is 6.86. The average molecular weight is 277 g/mol. The normalized spacial score (nSPS) is 17.1. The number of amides is 1. The fraction of sp³-hybridized carbons (Fsp3) is 0.533. The number of benzene rings is 1. The molecule has 1 aliphatic rings. The lowest BCUT2D eigenvalue weighted by Gasteiger charge is -2.39. The number of nitrogens with zero attached hydrogens (tertiary/aromatic N) is 2. The van der Waals surface area contributed by atoms with Crippen LogP contribution in [0, 0.1) is 0 Å². The van der Waals surface area contributed by atoms with Crippen LogP contribution in [-0.4, -0.2) is 43.6 Å². The molecule has 0 aromatic heterocycles. The van der Waals surface area contributed by atoms with Crippen molar-refractivity contribution in [3.63, 3.8) is 0 Å². The first-order chi connectivity index (χ1) is 9.31. The highest BCUT2D eigenvalue weighted by molar-refractivity contribution is 6.02. The van der Waals surface area contributed by atoms with E-state index >= 15 is 0 Å². The molecule has 0 aliphatic carbocycles. The fourth-order valence-corrected chi connectivity index (χ4v) is 2.36. The largest absolute Gasteiger partial charge is 0.476 e. The summed E-state index contributed by atoms with van der Waals surface area (Å²) in [6.45, 7) is 5.21. The van der Waals surface area contributed by atoms with Crippen molar-refractivity contribution in [1.82, 2.24) is 4.90 Å². The summed E-state index contributed by atoms with van der Waals surface area (Å²) < 4.78 is 5.79. The van der Waals surface area contributed by atoms with Crippen molar-refractivity contribution in [2.45, 2.75) is 25.9 Å². The van der Waals surface area contributed by atoms with Gasteiger partial charge in [0.15, 0.2) is 5.60 Å². The van der Waals surface area contributed by atoms with Gasteiger partial charge >= 0.3 is 0 Å². The third kappa shape index (κ3) is 2.88. The summed E-state index contributed by atoms with van der Waals surface area (Å²) in [4.78, 5) is 16.4. The Morgan fingerprint density at radius 1 is 1.35 bits per heavy atom. The molecule has 5 nitrogen and oxygen atoms in total. The van der Waals surface area contributed by atoms with Crippen molar-refractivity contribution >= 4 is 17.3 Å². The molecule has 0 atom stereocenters. The average Bonchev–Trinajstić information content (AvgIpc) is 2.33. The molecule has 1 amide bonds. The van der Waals surface area contributed by atoms with Gasteiger partial charge in [0.2, 0.25) is 0 Å². The van der Waals surface area contributed by atoms with E-state index in [2.05, 4.69) is 4.90 Å². The van der Waals surface area contributed by atoms with E-state index in [0.29, 0.717) is 18.0 Å². The van der Waals surface area contributed by atoms with Gasteiger partial charge in [0, 0.05) is 18.3 Å². The zero-order valence-corrected chi connectivity index (χ0v) is 12.6. The van der Waals surface area contributed by atoms with Crippen LogP contribution < -0.4 is 15.4 Å². The third-order valence-electron chi connectivity index (χ3n) is 3.39. The molecule has 0 saturated carbocycles. The van der Waals surface area contributed by atoms with Crippen LogP contribution in [0.2, 0.25) is 0 Å². The molecule has 2 rings (SSSR count). The van der Waals surface area contributed by atoms with E-state index in [0.717, 1.165) is 18.7 Å². The standard InChI is InChI=1S/C15H23N3O2/c1-15(2)14(19)18(9-5-8-17(3)4)12-7-6-11(16)10-13(12)20-15/h6-7,10H,5,8-9,16H2,1-4H3. The van der Waals surface area contributed by atoms with Crippen LogP contribution in [0.3, 0.4) is 0 Å². The number of anilines is 2. The number of carbonyl (C=O) groups excluding carboxylic acids is 1. The minimum Gasteiger partial charge on any atom is -0.476 e. The van der Waals surface area contributed by atoms with Crippen molar-refractivity contribution in [3.05, 3.63) is 18.2 Å². The molecular formula is C15H23N3O2. The fourth-order valence-electron chi connectivity index (χ4n) is 2.36. The Hall–Kier alpha value is -1.75. The summed E-state index contributed by atoms with van der Waals surface area (Å²) in [5, 5.41) is 0. The van der Waals surface area contributed by atoms with Gasteiger partial charge in [-0.05, 0) is 53.0 Å². The molecule has 110 valence electrons. The Labute approximate surface area is 120 Å². The lowest BCUT2D eigenvalue weighted by molar-refractivity contribution is -0.132. The lowest BCUT2D eigenvalue weighted by Crippen LogP contribution is -2.53. The van der Waals surface area contributed by atoms with Gasteiger partial charge in [0.1, 0.15) is 5.75 Å². The van der Waals surface area contributed by atoms with E-state index in [4.69, 9.17) is 10.5 Å². The maximum atomic E-state index is 12.5. The van der Waals surface area contributed by atoms with E-state index in [-0.39, 0.29) is 5.91 Å². The number of hydrogen-bond acceptors (Lipinski definition) is 4. The van der Waals surface area contributed by atoms with Gasteiger partial charge in [-0.2, -0.15) is 0 Å². The quantitative estimate of drug-likeness (QED) is 0.851. The van der Waals surface area contributed by atoms with Gasteiger partial charge in [-0.1, -0.05) is 0 Å². The third-order valence-corrected chi connectivity index (χ3v) is 3.39. The summed E-state index contributed by atoms with van der Waals surface area (Å²) in [7, 11) is 4.05.